The monoisotopic (exact) mass is 386 g/mol. The first-order chi connectivity index (χ1) is 14.2. The lowest BCUT2D eigenvalue weighted by Gasteiger charge is -2.32. The molecule has 5 rings (SSSR count). The molecule has 0 radical (unpaired) electrons. The minimum absolute atomic E-state index is 0.0141. The summed E-state index contributed by atoms with van der Waals surface area (Å²) < 4.78 is 1.64. The number of H-pyrrole nitrogens is 1. The van der Waals surface area contributed by atoms with Gasteiger partial charge >= 0.3 is 0 Å². The molecule has 0 saturated carbocycles. The minimum Gasteiger partial charge on any atom is -0.338 e. The van der Waals surface area contributed by atoms with Crippen molar-refractivity contribution in [3.05, 3.63) is 71.9 Å². The molecule has 7 nitrogen and oxygen atoms in total. The Labute approximate surface area is 168 Å². The van der Waals surface area contributed by atoms with E-state index in [0.717, 1.165) is 36.2 Å². The van der Waals surface area contributed by atoms with Crippen molar-refractivity contribution >= 4 is 11.6 Å². The molecular formula is C22H22N6O. The SMILES string of the molecule is Cc1ccc(-c2cn[nH]c2C2CCCN(C(=O)c3cnn4cccnc34)C2)cc1. The van der Waals surface area contributed by atoms with Gasteiger partial charge in [0.2, 0.25) is 0 Å². The van der Waals surface area contributed by atoms with Crippen LogP contribution in [0, 0.1) is 6.92 Å². The quantitative estimate of drug-likeness (QED) is 0.585. The first-order valence-electron chi connectivity index (χ1n) is 9.88. The molecule has 0 bridgehead atoms. The summed E-state index contributed by atoms with van der Waals surface area (Å²) in [6.45, 7) is 3.48. The van der Waals surface area contributed by atoms with Crippen molar-refractivity contribution in [1.82, 2.24) is 29.7 Å². The molecule has 29 heavy (non-hydrogen) atoms. The number of likely N-dealkylation sites (tertiary alicyclic amines) is 1. The number of nitrogens with zero attached hydrogens (tertiary/aromatic N) is 5. The van der Waals surface area contributed by atoms with Crippen LogP contribution < -0.4 is 0 Å². The van der Waals surface area contributed by atoms with E-state index in [2.05, 4.69) is 51.5 Å². The van der Waals surface area contributed by atoms with E-state index in [1.165, 1.54) is 5.56 Å². The van der Waals surface area contributed by atoms with E-state index in [9.17, 15) is 4.79 Å². The summed E-state index contributed by atoms with van der Waals surface area (Å²) in [4.78, 5) is 19.4. The number of hydrogen-bond donors (Lipinski definition) is 1. The predicted octanol–water partition coefficient (Wildman–Crippen LogP) is 3.45. The molecule has 1 aliphatic rings. The van der Waals surface area contributed by atoms with E-state index in [-0.39, 0.29) is 11.8 Å². The Morgan fingerprint density at radius 1 is 1.21 bits per heavy atom. The maximum atomic E-state index is 13.2. The Hall–Kier alpha value is -3.48. The van der Waals surface area contributed by atoms with Crippen LogP contribution in [0.3, 0.4) is 0 Å². The van der Waals surface area contributed by atoms with Crippen LogP contribution in [0.2, 0.25) is 0 Å². The number of carbonyl (C=O) groups is 1. The first kappa shape index (κ1) is 17.6. The summed E-state index contributed by atoms with van der Waals surface area (Å²) in [5, 5.41) is 11.8. The maximum Gasteiger partial charge on any atom is 0.259 e. The second-order valence-electron chi connectivity index (χ2n) is 7.60. The normalized spacial score (nSPS) is 17.0. The number of rotatable bonds is 3. The van der Waals surface area contributed by atoms with E-state index in [1.54, 1.807) is 29.2 Å². The number of benzene rings is 1. The van der Waals surface area contributed by atoms with E-state index < -0.39 is 0 Å². The highest BCUT2D eigenvalue weighted by Crippen LogP contribution is 2.33. The van der Waals surface area contributed by atoms with Crippen LogP contribution in [-0.2, 0) is 0 Å². The zero-order valence-electron chi connectivity index (χ0n) is 16.2. The van der Waals surface area contributed by atoms with Crippen molar-refractivity contribution in [3.63, 3.8) is 0 Å². The highest BCUT2D eigenvalue weighted by Gasteiger charge is 2.29. The maximum absolute atomic E-state index is 13.2. The smallest absolute Gasteiger partial charge is 0.259 e. The lowest BCUT2D eigenvalue weighted by atomic mass is 9.90. The molecule has 7 heteroatoms. The molecule has 4 aromatic rings. The van der Waals surface area contributed by atoms with E-state index >= 15 is 0 Å². The zero-order chi connectivity index (χ0) is 19.8. The third kappa shape index (κ3) is 3.18. The lowest BCUT2D eigenvalue weighted by molar-refractivity contribution is 0.0707. The number of aryl methyl sites for hydroxylation is 1. The van der Waals surface area contributed by atoms with Gasteiger partial charge in [0.25, 0.3) is 5.91 Å². The zero-order valence-corrected chi connectivity index (χ0v) is 16.2. The van der Waals surface area contributed by atoms with Crippen LogP contribution in [-0.4, -0.2) is 48.7 Å². The standard InChI is InChI=1S/C22H22N6O/c1-15-5-7-16(8-6-15)18-12-24-26-20(18)17-4-2-10-27(14-17)22(29)19-13-25-28-11-3-9-23-21(19)28/h3,5-9,11-13,17H,2,4,10,14H2,1H3,(H,24,26). The predicted molar refractivity (Wildman–Crippen MR) is 110 cm³/mol. The van der Waals surface area contributed by atoms with E-state index in [1.807, 2.05) is 11.1 Å². The summed E-state index contributed by atoms with van der Waals surface area (Å²) in [6, 6.07) is 10.3. The Morgan fingerprint density at radius 3 is 2.93 bits per heavy atom. The second-order valence-corrected chi connectivity index (χ2v) is 7.60. The molecule has 1 N–H and O–H groups in total. The van der Waals surface area contributed by atoms with E-state index in [0.29, 0.717) is 17.8 Å². The molecule has 1 aromatic carbocycles. The van der Waals surface area contributed by atoms with Gasteiger partial charge in [0.1, 0.15) is 5.56 Å². The molecule has 1 atom stereocenters. The fourth-order valence-corrected chi connectivity index (χ4v) is 4.12. The summed E-state index contributed by atoms with van der Waals surface area (Å²) in [5.41, 5.74) is 5.74. The Morgan fingerprint density at radius 2 is 2.07 bits per heavy atom. The van der Waals surface area contributed by atoms with Gasteiger partial charge in [-0.3, -0.25) is 9.89 Å². The van der Waals surface area contributed by atoms with Crippen molar-refractivity contribution in [2.75, 3.05) is 13.1 Å². The number of carbonyl (C=O) groups excluding carboxylic acids is 1. The van der Waals surface area contributed by atoms with Crippen LogP contribution in [0.25, 0.3) is 16.8 Å². The molecule has 0 aliphatic carbocycles. The number of nitrogens with one attached hydrogen (secondary N) is 1. The largest absolute Gasteiger partial charge is 0.338 e. The van der Waals surface area contributed by atoms with Gasteiger partial charge in [0.05, 0.1) is 12.4 Å². The highest BCUT2D eigenvalue weighted by atomic mass is 16.2. The van der Waals surface area contributed by atoms with Gasteiger partial charge in [-0.05, 0) is 31.4 Å². The fourth-order valence-electron chi connectivity index (χ4n) is 4.12. The second kappa shape index (κ2) is 7.16. The number of hydrogen-bond acceptors (Lipinski definition) is 4. The van der Waals surface area contributed by atoms with Gasteiger partial charge in [-0.25, -0.2) is 9.50 Å². The molecule has 146 valence electrons. The van der Waals surface area contributed by atoms with Crippen molar-refractivity contribution < 1.29 is 4.79 Å². The molecule has 1 unspecified atom stereocenters. The molecule has 3 aromatic heterocycles. The van der Waals surface area contributed by atoms with Gasteiger partial charge in [-0.1, -0.05) is 29.8 Å². The average Bonchev–Trinajstić information content (AvgIpc) is 3.41. The van der Waals surface area contributed by atoms with Crippen molar-refractivity contribution in [2.24, 2.45) is 0 Å². The van der Waals surface area contributed by atoms with Gasteiger partial charge in [-0.15, -0.1) is 0 Å². The van der Waals surface area contributed by atoms with Crippen molar-refractivity contribution in [3.8, 4) is 11.1 Å². The molecule has 4 heterocycles. The first-order valence-corrected chi connectivity index (χ1v) is 9.88. The summed E-state index contributed by atoms with van der Waals surface area (Å²) in [5.74, 6) is 0.209. The molecule has 0 spiro atoms. The van der Waals surface area contributed by atoms with Crippen LogP contribution in [0.15, 0.2) is 55.1 Å². The topological polar surface area (TPSA) is 79.2 Å². The Kier molecular flexibility index (Phi) is 4.35. The third-order valence-electron chi connectivity index (χ3n) is 5.66. The van der Waals surface area contributed by atoms with Gasteiger partial charge < -0.3 is 4.90 Å². The van der Waals surface area contributed by atoms with Crippen molar-refractivity contribution in [2.45, 2.75) is 25.7 Å². The minimum atomic E-state index is -0.0141. The fraction of sp³-hybridized carbons (Fsp3) is 0.273. The van der Waals surface area contributed by atoms with Gasteiger partial charge in [0, 0.05) is 42.7 Å². The molecule has 1 amide bonds. The average molecular weight is 386 g/mol. The Balaban J connectivity index is 1.41. The highest BCUT2D eigenvalue weighted by molar-refractivity contribution is 5.99. The molecular weight excluding hydrogens is 364 g/mol. The van der Waals surface area contributed by atoms with Crippen LogP contribution >= 0.6 is 0 Å². The summed E-state index contributed by atoms with van der Waals surface area (Å²) in [7, 11) is 0. The molecule has 1 fully saturated rings. The Bertz CT molecular complexity index is 1160. The van der Waals surface area contributed by atoms with Crippen LogP contribution in [0.1, 0.15) is 40.4 Å². The van der Waals surface area contributed by atoms with Crippen LogP contribution in [0.5, 0.6) is 0 Å². The van der Waals surface area contributed by atoms with E-state index in [4.69, 9.17) is 0 Å². The van der Waals surface area contributed by atoms with Gasteiger partial charge in [-0.2, -0.15) is 10.2 Å². The number of piperidine rings is 1. The number of amides is 1. The summed E-state index contributed by atoms with van der Waals surface area (Å²) >= 11 is 0. The number of aromatic nitrogens is 5. The third-order valence-corrected chi connectivity index (χ3v) is 5.66. The summed E-state index contributed by atoms with van der Waals surface area (Å²) in [6.07, 6.45) is 8.97. The van der Waals surface area contributed by atoms with Crippen molar-refractivity contribution in [1.29, 1.82) is 0 Å². The molecule has 1 saturated heterocycles. The van der Waals surface area contributed by atoms with Crippen LogP contribution in [0.4, 0.5) is 0 Å². The lowest BCUT2D eigenvalue weighted by Crippen LogP contribution is -2.39. The number of fused-ring (bicyclic) bond motifs is 1. The molecule has 1 aliphatic heterocycles. The number of aromatic amines is 1. The van der Waals surface area contributed by atoms with Gasteiger partial charge in [0.15, 0.2) is 5.65 Å².